The third kappa shape index (κ3) is 5.42. The van der Waals surface area contributed by atoms with E-state index < -0.39 is 9.84 Å². The number of hydrogen-bond donors (Lipinski definition) is 0. The number of hydrogen-bond acceptors (Lipinski definition) is 6. The van der Waals surface area contributed by atoms with Gasteiger partial charge >= 0.3 is 0 Å². The van der Waals surface area contributed by atoms with Gasteiger partial charge < -0.3 is 9.64 Å². The molecule has 1 aromatic heterocycles. The van der Waals surface area contributed by atoms with Crippen molar-refractivity contribution in [1.29, 1.82) is 0 Å². The normalized spacial score (nSPS) is 18.4. The number of benzene rings is 1. The third-order valence-corrected chi connectivity index (χ3v) is 7.20. The molecule has 0 spiro atoms. The van der Waals surface area contributed by atoms with E-state index in [2.05, 4.69) is 4.98 Å². The van der Waals surface area contributed by atoms with Gasteiger partial charge in [-0.1, -0.05) is 12.1 Å². The molecule has 6 nitrogen and oxygen atoms in total. The summed E-state index contributed by atoms with van der Waals surface area (Å²) in [4.78, 5) is 18.5. The van der Waals surface area contributed by atoms with E-state index in [0.29, 0.717) is 19.6 Å². The van der Waals surface area contributed by atoms with Gasteiger partial charge in [0.2, 0.25) is 5.91 Å². The minimum Gasteiger partial charge on any atom is -0.487 e. The van der Waals surface area contributed by atoms with Crippen LogP contribution >= 0.6 is 11.3 Å². The molecule has 1 fully saturated rings. The molecule has 0 bridgehead atoms. The minimum absolute atomic E-state index is 0.0605. The average Bonchev–Trinajstić information content (AvgIpc) is 3.24. The van der Waals surface area contributed by atoms with Crippen molar-refractivity contribution in [2.24, 2.45) is 0 Å². The smallest absolute Gasteiger partial charge is 0.246 e. The predicted molar refractivity (Wildman–Crippen MR) is 111 cm³/mol. The number of ether oxygens (including phenoxy) is 1. The first-order valence-electron chi connectivity index (χ1n) is 9.19. The number of carbonyl (C=O) groups is 1. The van der Waals surface area contributed by atoms with Crippen molar-refractivity contribution in [3.8, 4) is 5.75 Å². The molecular formula is C20H24N2O4S2. The number of thiazole rings is 1. The van der Waals surface area contributed by atoms with Crippen molar-refractivity contribution in [3.63, 3.8) is 0 Å². The molecule has 0 N–H and O–H groups in total. The minimum atomic E-state index is -3.02. The number of carbonyl (C=O) groups excluding carboxylic acids is 1. The SMILES string of the molecule is CCN(C(=O)/C=C/c1ccc(OCc2csc(C)n2)cc1)C1CCS(=O)(=O)C1. The summed E-state index contributed by atoms with van der Waals surface area (Å²) in [6.07, 6.45) is 3.75. The zero-order chi connectivity index (χ0) is 20.1. The van der Waals surface area contributed by atoms with Crippen LogP contribution < -0.4 is 4.74 Å². The maximum absolute atomic E-state index is 12.5. The molecule has 3 rings (SSSR count). The van der Waals surface area contributed by atoms with Gasteiger partial charge in [-0.3, -0.25) is 4.79 Å². The van der Waals surface area contributed by atoms with E-state index in [4.69, 9.17) is 4.74 Å². The highest BCUT2D eigenvalue weighted by Gasteiger charge is 2.33. The van der Waals surface area contributed by atoms with Crippen LogP contribution in [0.25, 0.3) is 6.08 Å². The fourth-order valence-corrected chi connectivity index (χ4v) is 5.51. The first kappa shape index (κ1) is 20.5. The Bertz CT molecular complexity index is 949. The molecule has 1 unspecified atom stereocenters. The highest BCUT2D eigenvalue weighted by molar-refractivity contribution is 7.91. The lowest BCUT2D eigenvalue weighted by Crippen LogP contribution is -2.40. The Morgan fingerprint density at radius 3 is 2.68 bits per heavy atom. The number of sulfone groups is 1. The fraction of sp³-hybridized carbons (Fsp3) is 0.400. The van der Waals surface area contributed by atoms with E-state index in [1.807, 2.05) is 43.5 Å². The topological polar surface area (TPSA) is 76.6 Å². The van der Waals surface area contributed by atoms with Crippen LogP contribution in [-0.4, -0.2) is 48.3 Å². The zero-order valence-corrected chi connectivity index (χ0v) is 17.6. The number of nitrogens with zero attached hydrogens (tertiary/aromatic N) is 2. The van der Waals surface area contributed by atoms with E-state index >= 15 is 0 Å². The molecular weight excluding hydrogens is 396 g/mol. The van der Waals surface area contributed by atoms with E-state index in [1.54, 1.807) is 22.3 Å². The number of rotatable bonds is 7. The Balaban J connectivity index is 1.56. The van der Waals surface area contributed by atoms with Gasteiger partial charge in [-0.25, -0.2) is 13.4 Å². The second-order valence-electron chi connectivity index (χ2n) is 6.73. The summed E-state index contributed by atoms with van der Waals surface area (Å²) in [7, 11) is -3.02. The van der Waals surface area contributed by atoms with Gasteiger partial charge in [0, 0.05) is 24.0 Å². The Labute approximate surface area is 169 Å². The van der Waals surface area contributed by atoms with Gasteiger partial charge in [0.05, 0.1) is 22.2 Å². The van der Waals surface area contributed by atoms with Crippen LogP contribution in [0.1, 0.15) is 29.6 Å². The maximum Gasteiger partial charge on any atom is 0.246 e. The van der Waals surface area contributed by atoms with Crippen LogP contribution in [0.2, 0.25) is 0 Å². The molecule has 1 amide bonds. The largest absolute Gasteiger partial charge is 0.487 e. The van der Waals surface area contributed by atoms with E-state index in [1.165, 1.54) is 6.08 Å². The van der Waals surface area contributed by atoms with E-state index in [-0.39, 0.29) is 23.5 Å². The van der Waals surface area contributed by atoms with Crippen molar-refractivity contribution in [3.05, 3.63) is 52.0 Å². The second-order valence-corrected chi connectivity index (χ2v) is 10.0. The predicted octanol–water partition coefficient (Wildman–Crippen LogP) is 3.08. The third-order valence-electron chi connectivity index (χ3n) is 4.62. The number of likely N-dealkylation sites (N-methyl/N-ethyl adjacent to an activating group) is 1. The van der Waals surface area contributed by atoms with Gasteiger partial charge in [-0.05, 0) is 44.0 Å². The average molecular weight is 421 g/mol. The molecule has 2 heterocycles. The van der Waals surface area contributed by atoms with Crippen molar-refractivity contribution in [2.45, 2.75) is 32.9 Å². The maximum atomic E-state index is 12.5. The number of aromatic nitrogens is 1. The van der Waals surface area contributed by atoms with Crippen LogP contribution in [0.4, 0.5) is 0 Å². The van der Waals surface area contributed by atoms with Crippen LogP contribution in [0, 0.1) is 6.92 Å². The Morgan fingerprint density at radius 1 is 1.36 bits per heavy atom. The molecule has 0 aliphatic carbocycles. The quantitative estimate of drug-likeness (QED) is 0.644. The van der Waals surface area contributed by atoms with E-state index in [9.17, 15) is 13.2 Å². The Kier molecular flexibility index (Phi) is 6.51. The van der Waals surface area contributed by atoms with Gasteiger partial charge in [-0.2, -0.15) is 0 Å². The van der Waals surface area contributed by atoms with Crippen LogP contribution in [-0.2, 0) is 21.2 Å². The molecule has 150 valence electrons. The molecule has 0 radical (unpaired) electrons. The summed E-state index contributed by atoms with van der Waals surface area (Å²) in [6.45, 7) is 4.74. The molecule has 2 aromatic rings. The molecule has 1 aliphatic heterocycles. The first-order valence-corrected chi connectivity index (χ1v) is 11.9. The lowest BCUT2D eigenvalue weighted by Gasteiger charge is -2.25. The van der Waals surface area contributed by atoms with E-state index in [0.717, 1.165) is 22.0 Å². The fourth-order valence-electron chi connectivity index (χ4n) is 3.19. The molecule has 1 atom stereocenters. The summed E-state index contributed by atoms with van der Waals surface area (Å²) < 4.78 is 29.1. The molecule has 1 aliphatic rings. The molecule has 8 heteroatoms. The summed E-state index contributed by atoms with van der Waals surface area (Å²) in [5.74, 6) is 0.794. The zero-order valence-electron chi connectivity index (χ0n) is 16.0. The Morgan fingerprint density at radius 2 is 2.11 bits per heavy atom. The standard InChI is InChI=1S/C20H24N2O4S2/c1-3-22(18-10-11-28(24,25)14-18)20(23)9-6-16-4-7-19(8-5-16)26-12-17-13-27-15(2)21-17/h4-9,13,18H,3,10-12,14H2,1-2H3/b9-6+. The first-order chi connectivity index (χ1) is 13.4. The van der Waals surface area contributed by atoms with Crippen molar-refractivity contribution in [2.75, 3.05) is 18.1 Å². The van der Waals surface area contributed by atoms with Gasteiger partial charge in [0.1, 0.15) is 12.4 Å². The van der Waals surface area contributed by atoms with Crippen LogP contribution in [0.3, 0.4) is 0 Å². The lowest BCUT2D eigenvalue weighted by atomic mass is 10.2. The highest BCUT2D eigenvalue weighted by Crippen LogP contribution is 2.19. The van der Waals surface area contributed by atoms with Crippen molar-refractivity contribution in [1.82, 2.24) is 9.88 Å². The monoisotopic (exact) mass is 420 g/mol. The number of amides is 1. The molecule has 1 aromatic carbocycles. The van der Waals surface area contributed by atoms with Gasteiger partial charge in [-0.15, -0.1) is 11.3 Å². The Hall–Kier alpha value is -2.19. The highest BCUT2D eigenvalue weighted by atomic mass is 32.2. The van der Waals surface area contributed by atoms with Crippen LogP contribution in [0.5, 0.6) is 5.75 Å². The molecule has 1 saturated heterocycles. The second kappa shape index (κ2) is 8.87. The summed E-state index contributed by atoms with van der Waals surface area (Å²) in [5, 5.41) is 2.99. The molecule has 0 saturated carbocycles. The van der Waals surface area contributed by atoms with Crippen molar-refractivity contribution >= 4 is 33.2 Å². The summed E-state index contributed by atoms with van der Waals surface area (Å²) >= 11 is 1.59. The number of aryl methyl sites for hydroxylation is 1. The lowest BCUT2D eigenvalue weighted by molar-refractivity contribution is -0.127. The molecule has 28 heavy (non-hydrogen) atoms. The summed E-state index contributed by atoms with van der Waals surface area (Å²) in [5.41, 5.74) is 1.78. The van der Waals surface area contributed by atoms with Gasteiger partial charge in [0.15, 0.2) is 9.84 Å². The van der Waals surface area contributed by atoms with Crippen LogP contribution in [0.15, 0.2) is 35.7 Å². The summed E-state index contributed by atoms with van der Waals surface area (Å²) in [6, 6.07) is 7.23. The van der Waals surface area contributed by atoms with Gasteiger partial charge in [0.25, 0.3) is 0 Å². The van der Waals surface area contributed by atoms with Crippen molar-refractivity contribution < 1.29 is 17.9 Å².